The van der Waals surface area contributed by atoms with Gasteiger partial charge in [-0.1, -0.05) is 36.4 Å². The van der Waals surface area contributed by atoms with Crippen LogP contribution in [-0.4, -0.2) is 70.6 Å². The van der Waals surface area contributed by atoms with E-state index in [1.54, 1.807) is 27.0 Å². The largest absolute Gasteiger partial charge is 0.495 e. The fourth-order valence-corrected chi connectivity index (χ4v) is 7.77. The topological polar surface area (TPSA) is 85.9 Å². The van der Waals surface area contributed by atoms with Crippen molar-refractivity contribution < 1.29 is 32.4 Å². The van der Waals surface area contributed by atoms with Crippen LogP contribution in [0.25, 0.3) is 22.4 Å². The standard InChI is InChI=1S/C37H46BF2N3O5/c1-33(2,3)46-32(44)43-22-37(39,40)20-29(43)31-41-21-28(42-31)24-10-8-23(9-11-24)25-12-13-27(38-47-34(4,5)35(6,7)48-38)26-14-15-36(30(25)26)16-18-45-19-17-36/h8-13,21,29H,14-20,22H2,1-7H3,(H,41,42)/t29-/m0/s1. The van der Waals surface area contributed by atoms with E-state index in [1.165, 1.54) is 16.7 Å². The molecule has 4 aliphatic rings. The molecule has 4 heterocycles. The normalized spacial score (nSPS) is 23.9. The number of likely N-dealkylation sites (tertiary alicyclic amines) is 1. The summed E-state index contributed by atoms with van der Waals surface area (Å²) in [7, 11) is -0.421. The lowest BCUT2D eigenvalue weighted by Gasteiger charge is -2.36. The maximum atomic E-state index is 14.6. The summed E-state index contributed by atoms with van der Waals surface area (Å²) in [5, 5.41) is 0. The summed E-state index contributed by atoms with van der Waals surface area (Å²) in [6, 6.07) is 11.7. The zero-order valence-electron chi connectivity index (χ0n) is 29.0. The number of nitrogens with zero attached hydrogens (tertiary/aromatic N) is 2. The Bertz CT molecular complexity index is 1690. The molecule has 3 fully saturated rings. The van der Waals surface area contributed by atoms with Crippen LogP contribution in [0.5, 0.6) is 0 Å². The summed E-state index contributed by atoms with van der Waals surface area (Å²) in [6.07, 6.45) is 4.43. The highest BCUT2D eigenvalue weighted by Gasteiger charge is 2.54. The Morgan fingerprint density at radius 3 is 2.27 bits per heavy atom. The number of imidazole rings is 1. The zero-order valence-corrected chi connectivity index (χ0v) is 29.0. The molecule has 2 aromatic carbocycles. The van der Waals surface area contributed by atoms with Crippen molar-refractivity contribution in [1.82, 2.24) is 14.9 Å². The molecule has 0 radical (unpaired) electrons. The fraction of sp³-hybridized carbons (Fsp3) is 0.568. The molecule has 1 atom stereocenters. The van der Waals surface area contributed by atoms with Crippen molar-refractivity contribution in [3.8, 4) is 22.4 Å². The molecular weight excluding hydrogens is 615 g/mol. The highest BCUT2D eigenvalue weighted by Crippen LogP contribution is 2.50. The van der Waals surface area contributed by atoms with Gasteiger partial charge < -0.3 is 23.8 Å². The van der Waals surface area contributed by atoms with Crippen LogP contribution < -0.4 is 5.46 Å². The molecule has 7 rings (SSSR count). The summed E-state index contributed by atoms with van der Waals surface area (Å²) in [5.41, 5.74) is 6.02. The maximum absolute atomic E-state index is 14.6. The Hall–Kier alpha value is -3.28. The molecule has 1 aromatic heterocycles. The van der Waals surface area contributed by atoms with Gasteiger partial charge >= 0.3 is 13.2 Å². The highest BCUT2D eigenvalue weighted by atomic mass is 19.3. The minimum absolute atomic E-state index is 0.0433. The van der Waals surface area contributed by atoms with Gasteiger partial charge in [0.15, 0.2) is 0 Å². The number of aromatic amines is 1. The Morgan fingerprint density at radius 1 is 0.979 bits per heavy atom. The number of halogens is 2. The third-order valence-electron chi connectivity index (χ3n) is 11.0. The van der Waals surface area contributed by atoms with Crippen LogP contribution in [0.3, 0.4) is 0 Å². The van der Waals surface area contributed by atoms with E-state index < -0.39 is 54.9 Å². The molecule has 1 N–H and O–H groups in total. The smallest absolute Gasteiger partial charge is 0.444 e. The number of H-pyrrole nitrogens is 1. The van der Waals surface area contributed by atoms with E-state index in [-0.39, 0.29) is 5.41 Å². The molecule has 0 unspecified atom stereocenters. The predicted octanol–water partition coefficient (Wildman–Crippen LogP) is 7.35. The Balaban J connectivity index is 1.19. The molecule has 3 aromatic rings. The first kappa shape index (κ1) is 33.2. The Labute approximate surface area is 282 Å². The molecule has 3 aliphatic heterocycles. The van der Waals surface area contributed by atoms with E-state index in [4.69, 9.17) is 18.8 Å². The molecule has 1 aliphatic carbocycles. The molecule has 0 saturated carbocycles. The van der Waals surface area contributed by atoms with Crippen LogP contribution in [0, 0.1) is 0 Å². The van der Waals surface area contributed by atoms with E-state index in [0.717, 1.165) is 60.4 Å². The number of rotatable bonds is 4. The Morgan fingerprint density at radius 2 is 1.62 bits per heavy atom. The monoisotopic (exact) mass is 661 g/mol. The van der Waals surface area contributed by atoms with Crippen molar-refractivity contribution in [2.75, 3.05) is 19.8 Å². The molecule has 1 amide bonds. The minimum atomic E-state index is -3.03. The van der Waals surface area contributed by atoms with E-state index in [9.17, 15) is 13.6 Å². The average molecular weight is 662 g/mol. The fourth-order valence-electron chi connectivity index (χ4n) is 7.77. The number of benzene rings is 2. The van der Waals surface area contributed by atoms with Crippen LogP contribution in [0.2, 0.25) is 0 Å². The van der Waals surface area contributed by atoms with Crippen molar-refractivity contribution in [3.05, 3.63) is 59.5 Å². The van der Waals surface area contributed by atoms with Crippen molar-refractivity contribution in [3.63, 3.8) is 0 Å². The molecule has 11 heteroatoms. The van der Waals surface area contributed by atoms with E-state index in [0.29, 0.717) is 11.5 Å². The van der Waals surface area contributed by atoms with Crippen molar-refractivity contribution in [2.24, 2.45) is 0 Å². The quantitative estimate of drug-likeness (QED) is 0.295. The second-order valence-corrected chi connectivity index (χ2v) is 16.0. The lowest BCUT2D eigenvalue weighted by molar-refractivity contribution is -0.00248. The predicted molar refractivity (Wildman–Crippen MR) is 180 cm³/mol. The van der Waals surface area contributed by atoms with Crippen molar-refractivity contribution in [2.45, 2.75) is 115 Å². The van der Waals surface area contributed by atoms with Crippen molar-refractivity contribution in [1.29, 1.82) is 0 Å². The SMILES string of the molecule is CC(C)(C)OC(=O)N1CC(F)(F)C[C@H]1c1nc(-c2ccc(-c3ccc(B4OC(C)(C)C(C)(C)O4)c4c3C3(CCOCC3)CC4)cc2)c[nH]1. The maximum Gasteiger partial charge on any atom is 0.495 e. The number of carbonyl (C=O) groups is 1. The number of ether oxygens (including phenoxy) is 2. The van der Waals surface area contributed by atoms with Crippen LogP contribution >= 0.6 is 0 Å². The number of hydrogen-bond acceptors (Lipinski definition) is 6. The number of amides is 1. The molecule has 0 bridgehead atoms. The van der Waals surface area contributed by atoms with Gasteiger partial charge in [0.2, 0.25) is 0 Å². The van der Waals surface area contributed by atoms with E-state index in [1.807, 2.05) is 12.1 Å². The zero-order chi connectivity index (χ0) is 34.3. The van der Waals surface area contributed by atoms with Gasteiger partial charge in [0.25, 0.3) is 5.92 Å². The molecular formula is C37H46BF2N3O5. The third kappa shape index (κ3) is 5.85. The van der Waals surface area contributed by atoms with Gasteiger partial charge in [-0.05, 0) is 102 Å². The summed E-state index contributed by atoms with van der Waals surface area (Å²) in [6.45, 7) is 14.3. The summed E-state index contributed by atoms with van der Waals surface area (Å²) in [4.78, 5) is 21.7. The first-order valence-electron chi connectivity index (χ1n) is 17.1. The van der Waals surface area contributed by atoms with Gasteiger partial charge in [-0.15, -0.1) is 0 Å². The first-order chi connectivity index (χ1) is 22.5. The van der Waals surface area contributed by atoms with Crippen LogP contribution in [-0.2, 0) is 30.6 Å². The van der Waals surface area contributed by atoms with Gasteiger partial charge in [-0.2, -0.15) is 0 Å². The molecule has 3 saturated heterocycles. The Kier molecular flexibility index (Phi) is 7.88. The van der Waals surface area contributed by atoms with Gasteiger partial charge in [0.05, 0.1) is 29.5 Å². The first-order valence-corrected chi connectivity index (χ1v) is 17.1. The van der Waals surface area contributed by atoms with Crippen LogP contribution in [0.15, 0.2) is 42.6 Å². The number of aromatic nitrogens is 2. The molecule has 1 spiro atoms. The highest BCUT2D eigenvalue weighted by molar-refractivity contribution is 6.62. The number of nitrogens with one attached hydrogen (secondary N) is 1. The number of fused-ring (bicyclic) bond motifs is 2. The molecule has 8 nitrogen and oxygen atoms in total. The number of carbonyl (C=O) groups excluding carboxylic acids is 1. The van der Waals surface area contributed by atoms with Gasteiger partial charge in [-0.3, -0.25) is 4.90 Å². The number of alkyl halides is 2. The van der Waals surface area contributed by atoms with Crippen LogP contribution in [0.1, 0.15) is 97.1 Å². The summed E-state index contributed by atoms with van der Waals surface area (Å²) < 4.78 is 53.4. The summed E-state index contributed by atoms with van der Waals surface area (Å²) >= 11 is 0. The van der Waals surface area contributed by atoms with Gasteiger partial charge in [0, 0.05) is 36.8 Å². The second kappa shape index (κ2) is 11.4. The lowest BCUT2D eigenvalue weighted by Crippen LogP contribution is -2.41. The summed E-state index contributed by atoms with van der Waals surface area (Å²) in [5.74, 6) is -2.72. The number of hydrogen-bond donors (Lipinski definition) is 1. The minimum Gasteiger partial charge on any atom is -0.444 e. The van der Waals surface area contributed by atoms with E-state index in [2.05, 4.69) is 61.9 Å². The lowest BCUT2D eigenvalue weighted by atomic mass is 9.69. The van der Waals surface area contributed by atoms with Gasteiger partial charge in [-0.25, -0.2) is 18.6 Å². The van der Waals surface area contributed by atoms with Crippen molar-refractivity contribution >= 4 is 18.7 Å². The third-order valence-corrected chi connectivity index (χ3v) is 11.0. The second-order valence-electron chi connectivity index (χ2n) is 16.0. The van der Waals surface area contributed by atoms with Crippen LogP contribution in [0.4, 0.5) is 13.6 Å². The molecule has 256 valence electrons. The van der Waals surface area contributed by atoms with Gasteiger partial charge in [0.1, 0.15) is 11.4 Å². The van der Waals surface area contributed by atoms with E-state index >= 15 is 0 Å². The average Bonchev–Trinajstić information content (AvgIpc) is 3.76. The molecule has 48 heavy (non-hydrogen) atoms.